The van der Waals surface area contributed by atoms with Gasteiger partial charge in [-0.05, 0) is 24.3 Å². The molecular formula is C15H26N2. The Labute approximate surface area is 106 Å². The molecule has 1 aromatic rings. The molecule has 17 heavy (non-hydrogen) atoms. The van der Waals surface area contributed by atoms with Crippen LogP contribution >= 0.6 is 0 Å². The molecule has 0 saturated carbocycles. The lowest BCUT2D eigenvalue weighted by atomic mass is 9.90. The minimum absolute atomic E-state index is 0.674. The third-order valence-electron chi connectivity index (χ3n) is 3.36. The monoisotopic (exact) mass is 234 g/mol. The van der Waals surface area contributed by atoms with Crippen LogP contribution in [0.5, 0.6) is 0 Å². The summed E-state index contributed by atoms with van der Waals surface area (Å²) < 4.78 is 0. The van der Waals surface area contributed by atoms with Crippen molar-refractivity contribution in [1.82, 2.24) is 9.97 Å². The third kappa shape index (κ3) is 5.81. The van der Waals surface area contributed by atoms with Crippen molar-refractivity contribution < 1.29 is 0 Å². The summed E-state index contributed by atoms with van der Waals surface area (Å²) in [4.78, 5) is 8.29. The lowest BCUT2D eigenvalue weighted by Crippen LogP contribution is -2.00. The average molecular weight is 234 g/mol. The highest BCUT2D eigenvalue weighted by Gasteiger charge is 2.11. The van der Waals surface area contributed by atoms with Crippen LogP contribution in [0.3, 0.4) is 0 Å². The van der Waals surface area contributed by atoms with Gasteiger partial charge in [-0.15, -0.1) is 0 Å². The Morgan fingerprint density at radius 1 is 0.882 bits per heavy atom. The molecule has 1 rings (SSSR count). The van der Waals surface area contributed by atoms with Crippen LogP contribution in [0.2, 0.25) is 0 Å². The first-order valence-corrected chi connectivity index (χ1v) is 7.13. The van der Waals surface area contributed by atoms with Gasteiger partial charge in [-0.2, -0.15) is 0 Å². The molecule has 2 nitrogen and oxygen atoms in total. The van der Waals surface area contributed by atoms with Crippen LogP contribution in [0.1, 0.15) is 76.7 Å². The van der Waals surface area contributed by atoms with Crippen LogP contribution < -0.4 is 0 Å². The SMILES string of the molecule is CCCCCCC(CCCC)c1cncnc1. The Hall–Kier alpha value is -0.920. The second-order valence-corrected chi connectivity index (χ2v) is 4.86. The molecule has 0 saturated heterocycles. The van der Waals surface area contributed by atoms with Crippen LogP contribution in [-0.2, 0) is 0 Å². The van der Waals surface area contributed by atoms with Gasteiger partial charge in [0, 0.05) is 12.4 Å². The van der Waals surface area contributed by atoms with Crippen molar-refractivity contribution >= 4 is 0 Å². The summed E-state index contributed by atoms with van der Waals surface area (Å²) in [6, 6.07) is 0. The Kier molecular flexibility index (Phi) is 7.61. The molecule has 0 spiro atoms. The zero-order valence-corrected chi connectivity index (χ0v) is 11.4. The van der Waals surface area contributed by atoms with Crippen molar-refractivity contribution in [2.24, 2.45) is 0 Å². The molecule has 2 heteroatoms. The predicted octanol–water partition coefficient (Wildman–Crippen LogP) is 4.72. The molecule has 0 bridgehead atoms. The van der Waals surface area contributed by atoms with Crippen LogP contribution in [0, 0.1) is 0 Å². The van der Waals surface area contributed by atoms with Gasteiger partial charge in [0.2, 0.25) is 0 Å². The highest BCUT2D eigenvalue weighted by Crippen LogP contribution is 2.26. The minimum Gasteiger partial charge on any atom is -0.245 e. The van der Waals surface area contributed by atoms with Gasteiger partial charge in [0.25, 0.3) is 0 Å². The Bertz CT molecular complexity index is 272. The quantitative estimate of drug-likeness (QED) is 0.578. The fraction of sp³-hybridized carbons (Fsp3) is 0.733. The summed E-state index contributed by atoms with van der Waals surface area (Å²) in [7, 11) is 0. The van der Waals surface area contributed by atoms with Crippen molar-refractivity contribution in [1.29, 1.82) is 0 Å². The second kappa shape index (κ2) is 9.15. The Balaban J connectivity index is 2.43. The van der Waals surface area contributed by atoms with Gasteiger partial charge in [0.15, 0.2) is 0 Å². The van der Waals surface area contributed by atoms with Gasteiger partial charge in [-0.3, -0.25) is 0 Å². The maximum atomic E-state index is 4.15. The number of aromatic nitrogens is 2. The third-order valence-corrected chi connectivity index (χ3v) is 3.36. The molecule has 0 aliphatic rings. The largest absolute Gasteiger partial charge is 0.245 e. The molecule has 96 valence electrons. The molecule has 0 N–H and O–H groups in total. The second-order valence-electron chi connectivity index (χ2n) is 4.86. The molecule has 1 atom stereocenters. The van der Waals surface area contributed by atoms with Gasteiger partial charge in [0.1, 0.15) is 6.33 Å². The lowest BCUT2D eigenvalue weighted by molar-refractivity contribution is 0.506. The van der Waals surface area contributed by atoms with Gasteiger partial charge >= 0.3 is 0 Å². The number of rotatable bonds is 9. The van der Waals surface area contributed by atoms with E-state index in [1.54, 1.807) is 6.33 Å². The molecule has 0 aliphatic heterocycles. The smallest absolute Gasteiger partial charge is 0.115 e. The topological polar surface area (TPSA) is 25.8 Å². The zero-order valence-electron chi connectivity index (χ0n) is 11.4. The van der Waals surface area contributed by atoms with Crippen LogP contribution in [0.15, 0.2) is 18.7 Å². The molecule has 0 amide bonds. The fourth-order valence-corrected chi connectivity index (χ4v) is 2.27. The van der Waals surface area contributed by atoms with E-state index in [0.717, 1.165) is 0 Å². The highest BCUT2D eigenvalue weighted by atomic mass is 14.8. The van der Waals surface area contributed by atoms with E-state index in [1.807, 2.05) is 12.4 Å². The van der Waals surface area contributed by atoms with E-state index in [1.165, 1.54) is 56.9 Å². The summed E-state index contributed by atoms with van der Waals surface area (Å²) in [5.41, 5.74) is 1.33. The van der Waals surface area contributed by atoms with Gasteiger partial charge in [-0.1, -0.05) is 52.4 Å². The zero-order chi connectivity index (χ0) is 12.3. The van der Waals surface area contributed by atoms with Crippen LogP contribution in [-0.4, -0.2) is 9.97 Å². The fourth-order valence-electron chi connectivity index (χ4n) is 2.27. The molecule has 1 unspecified atom stereocenters. The standard InChI is InChI=1S/C15H26N2/c1-3-5-7-8-10-14(9-6-4-2)15-11-16-13-17-12-15/h11-14H,3-10H2,1-2H3. The normalized spacial score (nSPS) is 12.6. The molecule has 1 aromatic heterocycles. The van der Waals surface area contributed by atoms with E-state index in [0.29, 0.717) is 5.92 Å². The highest BCUT2D eigenvalue weighted by molar-refractivity contribution is 5.09. The molecule has 0 aliphatic carbocycles. The molecule has 0 radical (unpaired) electrons. The van der Waals surface area contributed by atoms with E-state index in [4.69, 9.17) is 0 Å². The molecule has 0 fully saturated rings. The van der Waals surface area contributed by atoms with E-state index in [-0.39, 0.29) is 0 Å². The summed E-state index contributed by atoms with van der Waals surface area (Å²) in [5.74, 6) is 0.674. The lowest BCUT2D eigenvalue weighted by Gasteiger charge is -2.16. The van der Waals surface area contributed by atoms with Crippen LogP contribution in [0.4, 0.5) is 0 Å². The summed E-state index contributed by atoms with van der Waals surface area (Å²) >= 11 is 0. The minimum atomic E-state index is 0.674. The molecular weight excluding hydrogens is 208 g/mol. The Morgan fingerprint density at radius 2 is 1.53 bits per heavy atom. The van der Waals surface area contributed by atoms with Crippen molar-refractivity contribution in [3.63, 3.8) is 0 Å². The van der Waals surface area contributed by atoms with Crippen molar-refractivity contribution in [2.45, 2.75) is 71.1 Å². The van der Waals surface area contributed by atoms with E-state index in [2.05, 4.69) is 23.8 Å². The van der Waals surface area contributed by atoms with E-state index >= 15 is 0 Å². The maximum absolute atomic E-state index is 4.15. The summed E-state index contributed by atoms with van der Waals surface area (Å²) in [5, 5.41) is 0. The number of unbranched alkanes of at least 4 members (excludes halogenated alkanes) is 4. The van der Waals surface area contributed by atoms with Crippen molar-refractivity contribution in [3.8, 4) is 0 Å². The van der Waals surface area contributed by atoms with Gasteiger partial charge in [0.05, 0.1) is 0 Å². The first-order chi connectivity index (χ1) is 8.38. The Morgan fingerprint density at radius 3 is 2.18 bits per heavy atom. The van der Waals surface area contributed by atoms with E-state index in [9.17, 15) is 0 Å². The first-order valence-electron chi connectivity index (χ1n) is 7.13. The molecule has 0 aromatic carbocycles. The van der Waals surface area contributed by atoms with Crippen molar-refractivity contribution in [2.75, 3.05) is 0 Å². The summed E-state index contributed by atoms with van der Waals surface area (Å²) in [6.45, 7) is 4.52. The average Bonchev–Trinajstić information content (AvgIpc) is 2.39. The first kappa shape index (κ1) is 14.1. The summed E-state index contributed by atoms with van der Waals surface area (Å²) in [6.07, 6.45) is 16.2. The van der Waals surface area contributed by atoms with E-state index < -0.39 is 0 Å². The number of hydrogen-bond donors (Lipinski definition) is 0. The van der Waals surface area contributed by atoms with Gasteiger partial charge < -0.3 is 0 Å². The maximum Gasteiger partial charge on any atom is 0.115 e. The number of hydrogen-bond acceptors (Lipinski definition) is 2. The van der Waals surface area contributed by atoms with Gasteiger partial charge in [-0.25, -0.2) is 9.97 Å². The van der Waals surface area contributed by atoms with Crippen molar-refractivity contribution in [3.05, 3.63) is 24.3 Å². The predicted molar refractivity (Wildman–Crippen MR) is 73.1 cm³/mol. The van der Waals surface area contributed by atoms with Crippen LogP contribution in [0.25, 0.3) is 0 Å². The molecule has 1 heterocycles. The number of nitrogens with zero attached hydrogens (tertiary/aromatic N) is 2.